The minimum Gasteiger partial charge on any atom is -0.508 e. The van der Waals surface area contributed by atoms with Crippen LogP contribution in [-0.4, -0.2) is 106 Å². The van der Waals surface area contributed by atoms with Crippen molar-refractivity contribution >= 4 is 41.5 Å². The van der Waals surface area contributed by atoms with Gasteiger partial charge in [-0.3, -0.25) is 29.0 Å². The van der Waals surface area contributed by atoms with Crippen LogP contribution in [-0.2, 0) is 35.2 Å². The molecule has 0 radical (unpaired) electrons. The zero-order valence-corrected chi connectivity index (χ0v) is 32.3. The Balaban J connectivity index is 3.31. The number of aliphatic hydroxyl groups is 1. The van der Waals surface area contributed by atoms with Gasteiger partial charge in [0.1, 0.15) is 42.0 Å². The molecule has 7 atom stereocenters. The van der Waals surface area contributed by atoms with Gasteiger partial charge < -0.3 is 59.1 Å². The Morgan fingerprint density at radius 1 is 0.685 bits per heavy atom. The highest BCUT2D eigenvalue weighted by Gasteiger charge is 2.34. The maximum atomic E-state index is 13.8. The third-order valence-electron chi connectivity index (χ3n) is 8.32. The fraction of sp³-hybridized carbons (Fsp3) is 0.639. The first-order chi connectivity index (χ1) is 25.1. The molecule has 14 N–H and O–H groups in total. The first-order valence-corrected chi connectivity index (χ1v) is 18.1. The van der Waals surface area contributed by atoms with E-state index < -0.39 is 83.8 Å². The maximum Gasteiger partial charge on any atom is 0.326 e. The molecule has 18 heteroatoms. The van der Waals surface area contributed by atoms with Gasteiger partial charge in [0.15, 0.2) is 5.96 Å². The van der Waals surface area contributed by atoms with E-state index in [1.165, 1.54) is 31.2 Å². The summed E-state index contributed by atoms with van der Waals surface area (Å²) in [4.78, 5) is 83.3. The summed E-state index contributed by atoms with van der Waals surface area (Å²) in [5.74, 6) is -5.80. The molecule has 0 aromatic heterocycles. The molecule has 0 aliphatic heterocycles. The fourth-order valence-electron chi connectivity index (χ4n) is 5.33. The minimum absolute atomic E-state index is 0.00644. The van der Waals surface area contributed by atoms with E-state index in [9.17, 15) is 44.1 Å². The number of amides is 5. The van der Waals surface area contributed by atoms with E-state index in [2.05, 4.69) is 31.6 Å². The summed E-state index contributed by atoms with van der Waals surface area (Å²) in [7, 11) is 0. The number of phenols is 1. The SMILES string of the molecule is CC(C)C[C@H](NC(=O)[C@H](CC(C)C)NC(=O)[C@@H](N)[C@@H](C)O)C(=O)N[C@@H](CCCN=C(N)N)C(=O)N[C@H](C(=O)N[C@@H](Cc1ccc(O)cc1)C(=O)O)C(C)C. The molecule has 1 aromatic rings. The number of phenolic OH excluding ortho intramolecular Hbond substituents is 1. The lowest BCUT2D eigenvalue weighted by atomic mass is 9.98. The molecule has 0 unspecified atom stereocenters. The zero-order valence-electron chi connectivity index (χ0n) is 32.3. The molecule has 0 fully saturated rings. The van der Waals surface area contributed by atoms with Crippen LogP contribution in [0, 0.1) is 17.8 Å². The monoisotopic (exact) mass is 763 g/mol. The molecule has 18 nitrogen and oxygen atoms in total. The Labute approximate surface area is 316 Å². The van der Waals surface area contributed by atoms with Crippen molar-refractivity contribution in [3.05, 3.63) is 29.8 Å². The summed E-state index contributed by atoms with van der Waals surface area (Å²) in [6.45, 7) is 12.1. The number of hydrogen-bond donors (Lipinski definition) is 11. The zero-order chi connectivity index (χ0) is 41.3. The Morgan fingerprint density at radius 2 is 1.15 bits per heavy atom. The lowest BCUT2D eigenvalue weighted by Crippen LogP contribution is -2.60. The number of carbonyl (C=O) groups excluding carboxylic acids is 5. The Morgan fingerprint density at radius 3 is 1.59 bits per heavy atom. The van der Waals surface area contributed by atoms with Gasteiger partial charge in [-0.2, -0.15) is 0 Å². The van der Waals surface area contributed by atoms with Crippen LogP contribution < -0.4 is 43.8 Å². The van der Waals surface area contributed by atoms with E-state index in [1.54, 1.807) is 13.8 Å². The molecular formula is C36H61N9O9. The lowest BCUT2D eigenvalue weighted by Gasteiger charge is -2.29. The molecule has 0 spiro atoms. The molecule has 1 rings (SSSR count). The average Bonchev–Trinajstić information content (AvgIpc) is 3.06. The highest BCUT2D eigenvalue weighted by Crippen LogP contribution is 2.14. The van der Waals surface area contributed by atoms with Crippen LogP contribution in [0.3, 0.4) is 0 Å². The van der Waals surface area contributed by atoms with Crippen LogP contribution in [0.15, 0.2) is 29.3 Å². The van der Waals surface area contributed by atoms with Gasteiger partial charge in [-0.15, -0.1) is 0 Å². The summed E-state index contributed by atoms with van der Waals surface area (Å²) >= 11 is 0. The van der Waals surface area contributed by atoms with Crippen molar-refractivity contribution in [2.24, 2.45) is 39.9 Å². The minimum atomic E-state index is -1.36. The molecule has 1 aromatic carbocycles. The number of hydrogen-bond acceptors (Lipinski definition) is 10. The summed E-state index contributed by atoms with van der Waals surface area (Å²) in [6, 6.07) is -1.50. The number of aromatic hydroxyl groups is 1. The van der Waals surface area contributed by atoms with Crippen molar-refractivity contribution in [1.29, 1.82) is 0 Å². The molecular weight excluding hydrogens is 702 g/mol. The van der Waals surface area contributed by atoms with Gasteiger partial charge in [-0.1, -0.05) is 53.7 Å². The number of rotatable bonds is 23. The number of aliphatic imine (C=N–C) groups is 1. The van der Waals surface area contributed by atoms with Gasteiger partial charge in [0.2, 0.25) is 29.5 Å². The number of carboxylic acids is 1. The number of aliphatic hydroxyl groups excluding tert-OH is 1. The molecule has 0 bridgehead atoms. The normalized spacial score (nSPS) is 15.2. The van der Waals surface area contributed by atoms with Crippen molar-refractivity contribution in [1.82, 2.24) is 26.6 Å². The van der Waals surface area contributed by atoms with Gasteiger partial charge in [-0.05, 0) is 68.1 Å². The second-order valence-corrected chi connectivity index (χ2v) is 14.7. The van der Waals surface area contributed by atoms with E-state index in [0.29, 0.717) is 5.56 Å². The van der Waals surface area contributed by atoms with Gasteiger partial charge in [-0.25, -0.2) is 4.79 Å². The average molecular weight is 764 g/mol. The number of nitrogens with zero attached hydrogens (tertiary/aromatic N) is 1. The molecule has 0 saturated heterocycles. The number of nitrogens with two attached hydrogens (primary N) is 3. The van der Waals surface area contributed by atoms with E-state index in [1.807, 2.05) is 27.7 Å². The number of carboxylic acid groups (broad SMARTS) is 1. The van der Waals surface area contributed by atoms with Crippen molar-refractivity contribution in [2.75, 3.05) is 6.54 Å². The van der Waals surface area contributed by atoms with Crippen molar-refractivity contribution in [2.45, 2.75) is 123 Å². The number of benzene rings is 1. The molecule has 0 heterocycles. The van der Waals surface area contributed by atoms with Gasteiger partial charge in [0.05, 0.1) is 6.10 Å². The number of nitrogens with one attached hydrogen (secondary N) is 5. The predicted octanol–water partition coefficient (Wildman–Crippen LogP) is -1.05. The largest absolute Gasteiger partial charge is 0.508 e. The second-order valence-electron chi connectivity index (χ2n) is 14.7. The van der Waals surface area contributed by atoms with Crippen molar-refractivity contribution in [3.63, 3.8) is 0 Å². The summed E-state index contributed by atoms with van der Waals surface area (Å²) in [5, 5.41) is 42.2. The van der Waals surface area contributed by atoms with Crippen molar-refractivity contribution < 1.29 is 44.1 Å². The van der Waals surface area contributed by atoms with Gasteiger partial charge in [0.25, 0.3) is 0 Å². The van der Waals surface area contributed by atoms with E-state index in [-0.39, 0.29) is 62.2 Å². The second kappa shape index (κ2) is 23.0. The van der Waals surface area contributed by atoms with Crippen LogP contribution in [0.25, 0.3) is 0 Å². The highest BCUT2D eigenvalue weighted by atomic mass is 16.4. The fourth-order valence-corrected chi connectivity index (χ4v) is 5.33. The molecule has 0 saturated carbocycles. The Bertz CT molecular complexity index is 1430. The third-order valence-corrected chi connectivity index (χ3v) is 8.32. The standard InChI is InChI=1S/C36H61N9O9/c1-18(2)15-25(42-32(50)26(16-19(3)4)43-33(51)28(37)21(7)46)31(49)41-24(9-8-14-40-36(38)39)30(48)45-29(20(5)6)34(52)44-27(35(53)54)17-22-10-12-23(47)13-11-22/h10-13,18-21,24-29,46-47H,8-9,14-17,37H2,1-7H3,(H,41,49)(H,42,50)(H,43,51)(H,44,52)(H,45,48)(H,53,54)(H4,38,39,40)/t21-,24+,25+,26+,27+,28+,29+/m1/s1. The topological polar surface area (TPSA) is 314 Å². The molecule has 54 heavy (non-hydrogen) atoms. The highest BCUT2D eigenvalue weighted by molar-refractivity contribution is 5.96. The number of carbonyl (C=O) groups is 6. The molecule has 0 aliphatic carbocycles. The van der Waals surface area contributed by atoms with Crippen molar-refractivity contribution in [3.8, 4) is 5.75 Å². The van der Waals surface area contributed by atoms with E-state index in [4.69, 9.17) is 17.2 Å². The summed E-state index contributed by atoms with van der Waals surface area (Å²) < 4.78 is 0. The summed E-state index contributed by atoms with van der Waals surface area (Å²) in [5.41, 5.74) is 17.2. The quantitative estimate of drug-likeness (QED) is 0.0362. The van der Waals surface area contributed by atoms with Crippen LogP contribution in [0.5, 0.6) is 5.75 Å². The molecule has 0 aliphatic rings. The number of guanidine groups is 1. The number of aliphatic carboxylic acids is 1. The maximum absolute atomic E-state index is 13.8. The Hall–Kier alpha value is -4.97. The van der Waals surface area contributed by atoms with E-state index >= 15 is 0 Å². The smallest absolute Gasteiger partial charge is 0.326 e. The van der Waals surface area contributed by atoms with Crippen LogP contribution in [0.4, 0.5) is 0 Å². The summed E-state index contributed by atoms with van der Waals surface area (Å²) in [6.07, 6.45) is -0.661. The lowest BCUT2D eigenvalue weighted by molar-refractivity contribution is -0.142. The van der Waals surface area contributed by atoms with E-state index in [0.717, 1.165) is 0 Å². The predicted molar refractivity (Wildman–Crippen MR) is 202 cm³/mol. The van der Waals surface area contributed by atoms with Gasteiger partial charge >= 0.3 is 5.97 Å². The third kappa shape index (κ3) is 17.2. The first kappa shape index (κ1) is 47.1. The first-order valence-electron chi connectivity index (χ1n) is 18.1. The van der Waals surface area contributed by atoms with Gasteiger partial charge in [0, 0.05) is 13.0 Å². The molecule has 304 valence electrons. The van der Waals surface area contributed by atoms with Crippen LogP contribution in [0.1, 0.15) is 79.7 Å². The van der Waals surface area contributed by atoms with Crippen LogP contribution in [0.2, 0.25) is 0 Å². The Kier molecular flexibility index (Phi) is 20.0. The molecule has 5 amide bonds. The van der Waals surface area contributed by atoms with Crippen LogP contribution >= 0.6 is 0 Å².